The number of hydrogen-bond donors (Lipinski definition) is 2. The molecule has 0 heterocycles. The van der Waals surface area contributed by atoms with E-state index >= 15 is 0 Å². The fraction of sp³-hybridized carbons (Fsp3) is 1.00. The number of nitrogens with two attached hydrogens (primary N) is 1. The SMILES string of the molecule is CC(C)CC(NN)C1C2CCCC21. The van der Waals surface area contributed by atoms with Crippen LogP contribution in [-0.4, -0.2) is 6.04 Å². The number of hydrogen-bond acceptors (Lipinski definition) is 2. The van der Waals surface area contributed by atoms with Gasteiger partial charge in [0.2, 0.25) is 0 Å². The molecule has 13 heavy (non-hydrogen) atoms. The van der Waals surface area contributed by atoms with Crippen molar-refractivity contribution in [2.24, 2.45) is 29.5 Å². The van der Waals surface area contributed by atoms with Gasteiger partial charge >= 0.3 is 0 Å². The van der Waals surface area contributed by atoms with Crippen LogP contribution in [0.3, 0.4) is 0 Å². The van der Waals surface area contributed by atoms with E-state index in [-0.39, 0.29) is 0 Å². The molecule has 0 aromatic heterocycles. The molecule has 0 radical (unpaired) electrons. The molecule has 0 aliphatic heterocycles. The van der Waals surface area contributed by atoms with Gasteiger partial charge in [-0.05, 0) is 42.9 Å². The summed E-state index contributed by atoms with van der Waals surface area (Å²) in [6.45, 7) is 4.56. The fourth-order valence-corrected chi connectivity index (χ4v) is 3.32. The third-order valence-corrected chi connectivity index (χ3v) is 3.88. The summed E-state index contributed by atoms with van der Waals surface area (Å²) in [4.78, 5) is 0. The second-order valence-corrected chi connectivity index (χ2v) is 5.24. The van der Waals surface area contributed by atoms with Crippen LogP contribution < -0.4 is 11.3 Å². The van der Waals surface area contributed by atoms with Crippen LogP contribution in [0.4, 0.5) is 0 Å². The molecule has 0 aromatic rings. The third kappa shape index (κ3) is 1.75. The molecule has 3 unspecified atom stereocenters. The Kier molecular flexibility index (Phi) is 2.61. The highest BCUT2D eigenvalue weighted by Gasteiger charge is 2.55. The van der Waals surface area contributed by atoms with Crippen molar-refractivity contribution in [3.63, 3.8) is 0 Å². The molecule has 2 fully saturated rings. The topological polar surface area (TPSA) is 38.0 Å². The predicted molar refractivity (Wildman–Crippen MR) is 54.9 cm³/mol. The first-order valence-electron chi connectivity index (χ1n) is 5.70. The Morgan fingerprint density at radius 1 is 1.31 bits per heavy atom. The van der Waals surface area contributed by atoms with E-state index in [1.807, 2.05) is 0 Å². The van der Waals surface area contributed by atoms with Gasteiger partial charge in [0.05, 0.1) is 0 Å². The lowest BCUT2D eigenvalue weighted by atomic mass is 9.96. The molecule has 3 atom stereocenters. The van der Waals surface area contributed by atoms with Crippen LogP contribution in [0.2, 0.25) is 0 Å². The van der Waals surface area contributed by atoms with Gasteiger partial charge in [-0.2, -0.15) is 0 Å². The quantitative estimate of drug-likeness (QED) is 0.515. The number of hydrazine groups is 1. The van der Waals surface area contributed by atoms with Crippen LogP contribution in [0.1, 0.15) is 39.5 Å². The van der Waals surface area contributed by atoms with E-state index in [1.54, 1.807) is 0 Å². The minimum absolute atomic E-state index is 0.593. The second kappa shape index (κ2) is 3.58. The summed E-state index contributed by atoms with van der Waals surface area (Å²) < 4.78 is 0. The molecule has 3 N–H and O–H groups in total. The van der Waals surface area contributed by atoms with Crippen molar-refractivity contribution in [3.8, 4) is 0 Å². The minimum atomic E-state index is 0.593. The van der Waals surface area contributed by atoms with E-state index in [9.17, 15) is 0 Å². The Labute approximate surface area is 81.2 Å². The van der Waals surface area contributed by atoms with E-state index in [4.69, 9.17) is 5.84 Å². The average Bonchev–Trinajstić information content (AvgIpc) is 2.58. The normalized spacial score (nSPS) is 39.2. The van der Waals surface area contributed by atoms with Gasteiger partial charge in [0.1, 0.15) is 0 Å². The zero-order valence-electron chi connectivity index (χ0n) is 8.79. The maximum absolute atomic E-state index is 5.62. The van der Waals surface area contributed by atoms with Crippen molar-refractivity contribution >= 4 is 0 Å². The zero-order valence-corrected chi connectivity index (χ0v) is 8.79. The summed E-state index contributed by atoms with van der Waals surface area (Å²) in [6, 6.07) is 0.593. The maximum Gasteiger partial charge on any atom is 0.0246 e. The molecule has 0 spiro atoms. The van der Waals surface area contributed by atoms with Gasteiger partial charge in [-0.1, -0.05) is 20.3 Å². The maximum atomic E-state index is 5.62. The average molecular weight is 182 g/mol. The Hall–Kier alpha value is -0.0800. The summed E-state index contributed by atoms with van der Waals surface area (Å²) >= 11 is 0. The molecule has 0 amide bonds. The molecule has 0 aromatic carbocycles. The Bertz CT molecular complexity index is 169. The van der Waals surface area contributed by atoms with E-state index in [0.29, 0.717) is 6.04 Å². The van der Waals surface area contributed by atoms with Crippen LogP contribution in [0.25, 0.3) is 0 Å². The molecule has 2 heteroatoms. The van der Waals surface area contributed by atoms with Crippen molar-refractivity contribution in [3.05, 3.63) is 0 Å². The van der Waals surface area contributed by atoms with Crippen LogP contribution >= 0.6 is 0 Å². The summed E-state index contributed by atoms with van der Waals surface area (Å²) in [5.74, 6) is 9.35. The fourth-order valence-electron chi connectivity index (χ4n) is 3.32. The van der Waals surface area contributed by atoms with E-state index in [0.717, 1.165) is 23.7 Å². The second-order valence-electron chi connectivity index (χ2n) is 5.24. The van der Waals surface area contributed by atoms with Crippen LogP contribution in [0, 0.1) is 23.7 Å². The van der Waals surface area contributed by atoms with Gasteiger partial charge < -0.3 is 0 Å². The molecule has 2 nitrogen and oxygen atoms in total. The van der Waals surface area contributed by atoms with Gasteiger partial charge in [-0.3, -0.25) is 11.3 Å². The third-order valence-electron chi connectivity index (χ3n) is 3.88. The molecule has 2 aliphatic carbocycles. The van der Waals surface area contributed by atoms with Crippen molar-refractivity contribution < 1.29 is 0 Å². The lowest BCUT2D eigenvalue weighted by Crippen LogP contribution is -2.39. The number of fused-ring (bicyclic) bond motifs is 1. The molecular weight excluding hydrogens is 160 g/mol. The summed E-state index contributed by atoms with van der Waals surface area (Å²) in [5, 5.41) is 0. The van der Waals surface area contributed by atoms with Gasteiger partial charge in [-0.15, -0.1) is 0 Å². The van der Waals surface area contributed by atoms with Gasteiger partial charge in [0.15, 0.2) is 0 Å². The first-order chi connectivity index (χ1) is 6.24. The Balaban J connectivity index is 1.85. The molecule has 0 bridgehead atoms. The number of nitrogens with one attached hydrogen (secondary N) is 1. The monoisotopic (exact) mass is 182 g/mol. The molecular formula is C11H22N2. The summed E-state index contributed by atoms with van der Waals surface area (Å²) in [6.07, 6.45) is 5.64. The van der Waals surface area contributed by atoms with E-state index in [1.165, 1.54) is 25.7 Å². The van der Waals surface area contributed by atoms with Crippen LogP contribution in [-0.2, 0) is 0 Å². The lowest BCUT2D eigenvalue weighted by Gasteiger charge is -2.19. The summed E-state index contributed by atoms with van der Waals surface area (Å²) in [5.41, 5.74) is 3.02. The molecule has 0 saturated heterocycles. The Morgan fingerprint density at radius 3 is 2.38 bits per heavy atom. The molecule has 2 rings (SSSR count). The molecule has 2 saturated carbocycles. The van der Waals surface area contributed by atoms with Gasteiger partial charge in [0, 0.05) is 6.04 Å². The lowest BCUT2D eigenvalue weighted by molar-refractivity contribution is 0.352. The zero-order chi connectivity index (χ0) is 9.42. The first kappa shape index (κ1) is 9.47. The van der Waals surface area contributed by atoms with Crippen LogP contribution in [0.15, 0.2) is 0 Å². The van der Waals surface area contributed by atoms with Crippen molar-refractivity contribution in [1.29, 1.82) is 0 Å². The largest absolute Gasteiger partial charge is 0.271 e. The van der Waals surface area contributed by atoms with Crippen LogP contribution in [0.5, 0.6) is 0 Å². The van der Waals surface area contributed by atoms with Crippen molar-refractivity contribution in [1.82, 2.24) is 5.43 Å². The highest BCUT2D eigenvalue weighted by molar-refractivity contribution is 5.05. The smallest absolute Gasteiger partial charge is 0.0246 e. The van der Waals surface area contributed by atoms with E-state index < -0.39 is 0 Å². The van der Waals surface area contributed by atoms with Gasteiger partial charge in [0.25, 0.3) is 0 Å². The summed E-state index contributed by atoms with van der Waals surface area (Å²) in [7, 11) is 0. The van der Waals surface area contributed by atoms with E-state index in [2.05, 4.69) is 19.3 Å². The van der Waals surface area contributed by atoms with Crippen molar-refractivity contribution in [2.45, 2.75) is 45.6 Å². The first-order valence-corrected chi connectivity index (χ1v) is 5.70. The number of rotatable bonds is 4. The highest BCUT2D eigenvalue weighted by Crippen LogP contribution is 2.59. The minimum Gasteiger partial charge on any atom is -0.271 e. The van der Waals surface area contributed by atoms with Crippen molar-refractivity contribution in [2.75, 3.05) is 0 Å². The highest BCUT2D eigenvalue weighted by atomic mass is 15.2. The van der Waals surface area contributed by atoms with Gasteiger partial charge in [-0.25, -0.2) is 0 Å². The molecule has 2 aliphatic rings. The predicted octanol–water partition coefficient (Wildman–Crippen LogP) is 1.91. The molecule has 76 valence electrons. The Morgan fingerprint density at radius 2 is 1.92 bits per heavy atom. The standard InChI is InChI=1S/C11H22N2/c1-7(2)6-10(13-12)11-8-4-3-5-9(8)11/h7-11,13H,3-6,12H2,1-2H3.